The van der Waals surface area contributed by atoms with Crippen LogP contribution in [-0.2, 0) is 6.42 Å². The number of aryl methyl sites for hydroxylation is 5. The number of hydrogen-bond acceptors (Lipinski definition) is 5. The number of rotatable bonds is 11. The molecule has 0 saturated heterocycles. The first-order valence-corrected chi connectivity index (χ1v) is 20.2. The maximum absolute atomic E-state index is 6.41. The van der Waals surface area contributed by atoms with Crippen molar-refractivity contribution in [2.24, 2.45) is 0 Å². The minimum absolute atomic E-state index is 0. The van der Waals surface area contributed by atoms with E-state index in [1.54, 1.807) is 0 Å². The summed E-state index contributed by atoms with van der Waals surface area (Å²) in [6, 6.07) is 33.1. The lowest BCUT2D eigenvalue weighted by Crippen LogP contribution is -3.00. The molecule has 0 bridgehead atoms. The van der Waals surface area contributed by atoms with Crippen LogP contribution in [0.4, 0.5) is 17.1 Å². The Morgan fingerprint density at radius 1 is 0.500 bits per heavy atom. The summed E-state index contributed by atoms with van der Waals surface area (Å²) < 4.78 is 4.50. The Hall–Kier alpha value is -4.92. The summed E-state index contributed by atoms with van der Waals surface area (Å²) in [5, 5.41) is 5.14. The first-order valence-electron chi connectivity index (χ1n) is 19.4. The average molecular weight is 852 g/mol. The maximum Gasteiger partial charge on any atom is 0.239 e. The van der Waals surface area contributed by atoms with Crippen molar-refractivity contribution in [3.8, 4) is 11.4 Å². The van der Waals surface area contributed by atoms with Crippen molar-refractivity contribution in [1.29, 1.82) is 0 Å². The zero-order valence-corrected chi connectivity index (χ0v) is 36.2. The highest BCUT2D eigenvalue weighted by molar-refractivity contribution is 6.30. The van der Waals surface area contributed by atoms with Gasteiger partial charge >= 0.3 is 0 Å². The molecule has 8 aromatic rings. The number of fused-ring (bicyclic) bond motifs is 4. The molecule has 5 N–H and O–H groups in total. The van der Waals surface area contributed by atoms with Crippen LogP contribution in [0.25, 0.3) is 55.5 Å². The molecular weight excluding hydrogens is 804 g/mol. The fourth-order valence-electron chi connectivity index (χ4n) is 7.78. The molecule has 2 heterocycles. The number of nitrogens with zero attached hydrogens (tertiary/aromatic N) is 4. The lowest BCUT2D eigenvalue weighted by atomic mass is 10.00. The molecule has 298 valence electrons. The van der Waals surface area contributed by atoms with Crippen molar-refractivity contribution in [3.05, 3.63) is 135 Å². The van der Waals surface area contributed by atoms with E-state index in [0.29, 0.717) is 10.0 Å². The molecular formula is C47H47Cl4N7. The van der Waals surface area contributed by atoms with Gasteiger partial charge in [-0.15, -0.1) is 9.13 Å². The van der Waals surface area contributed by atoms with Gasteiger partial charge in [-0.1, -0.05) is 42.5 Å². The van der Waals surface area contributed by atoms with Crippen LogP contribution in [0.5, 0.6) is 0 Å². The molecule has 0 aliphatic rings. The highest BCUT2D eigenvalue weighted by atomic mass is 35.5. The van der Waals surface area contributed by atoms with Crippen LogP contribution in [0.3, 0.4) is 0 Å². The van der Waals surface area contributed by atoms with Crippen molar-refractivity contribution in [3.63, 3.8) is 0 Å². The van der Waals surface area contributed by atoms with Crippen molar-refractivity contribution in [2.75, 3.05) is 23.3 Å². The second-order valence-electron chi connectivity index (χ2n) is 15.1. The van der Waals surface area contributed by atoms with Crippen molar-refractivity contribution >= 4 is 84.4 Å². The first-order chi connectivity index (χ1) is 27.0. The van der Waals surface area contributed by atoms with Crippen LogP contribution in [0, 0.1) is 27.7 Å². The van der Waals surface area contributed by atoms with E-state index in [4.69, 9.17) is 44.6 Å². The van der Waals surface area contributed by atoms with E-state index in [1.807, 2.05) is 62.4 Å². The fraction of sp³-hybridized carbons (Fsp3) is 0.234. The molecule has 0 amide bonds. The summed E-state index contributed by atoms with van der Waals surface area (Å²) in [5.74, 6) is 0. The van der Waals surface area contributed by atoms with E-state index < -0.39 is 0 Å². The zero-order valence-electron chi connectivity index (χ0n) is 33.1. The number of halogens is 4. The van der Waals surface area contributed by atoms with Crippen LogP contribution in [0.1, 0.15) is 59.9 Å². The number of hydrogen-bond donors (Lipinski definition) is 3. The van der Waals surface area contributed by atoms with Gasteiger partial charge in [0, 0.05) is 82.2 Å². The molecule has 0 fully saturated rings. The van der Waals surface area contributed by atoms with Gasteiger partial charge in [-0.3, -0.25) is 0 Å². The Morgan fingerprint density at radius 3 is 1.43 bits per heavy atom. The fourth-order valence-corrected chi connectivity index (χ4v) is 8.04. The molecule has 0 saturated carbocycles. The molecule has 0 aliphatic heterocycles. The van der Waals surface area contributed by atoms with Crippen LogP contribution >= 0.6 is 23.2 Å². The summed E-state index contributed by atoms with van der Waals surface area (Å²) in [6.45, 7) is 9.30. The molecule has 0 unspecified atom stereocenters. The van der Waals surface area contributed by atoms with E-state index in [1.165, 1.54) is 36.0 Å². The Balaban J connectivity index is 0.00000283. The van der Waals surface area contributed by atoms with Gasteiger partial charge in [-0.05, 0) is 123 Å². The van der Waals surface area contributed by atoms with Crippen LogP contribution < -0.4 is 50.7 Å². The molecule has 0 atom stereocenters. The van der Waals surface area contributed by atoms with Gasteiger partial charge in [-0.2, -0.15) is 0 Å². The maximum atomic E-state index is 6.41. The minimum atomic E-state index is 0. The number of unbranched alkanes of at least 4 members (excludes halogenated alkanes) is 4. The summed E-state index contributed by atoms with van der Waals surface area (Å²) in [5.41, 5.74) is 31.1. The van der Waals surface area contributed by atoms with E-state index >= 15 is 0 Å². The molecule has 8 rings (SSSR count). The minimum Gasteiger partial charge on any atom is -1.00 e. The smallest absolute Gasteiger partial charge is 0.239 e. The normalized spacial score (nSPS) is 11.3. The highest BCUT2D eigenvalue weighted by Gasteiger charge is 2.24. The second-order valence-corrected chi connectivity index (χ2v) is 16.0. The summed E-state index contributed by atoms with van der Waals surface area (Å²) in [7, 11) is 0. The summed E-state index contributed by atoms with van der Waals surface area (Å²) in [6.07, 6.45) is 6.78. The third-order valence-corrected chi connectivity index (χ3v) is 11.5. The molecule has 0 radical (unpaired) electrons. The topological polar surface area (TPSA) is 97.6 Å². The lowest BCUT2D eigenvalue weighted by molar-refractivity contribution is -0.538. The molecule has 2 aromatic heterocycles. The number of nitrogens with two attached hydrogens (primary N) is 2. The SMILES string of the molecule is Cc1cc2nc3cc(C)c(CCCCCCCNc4cc5c(cc4C)nc4cc(C)c(N)cc4[n+]5-c4ccc(Cl)cc4)cc3[n+](-c3ccc(Cl)cc3)c2cc1N.[Cl-].[Cl-]. The third kappa shape index (κ3) is 8.60. The van der Waals surface area contributed by atoms with Gasteiger partial charge in [0.1, 0.15) is 22.1 Å². The zero-order chi connectivity index (χ0) is 39.1. The van der Waals surface area contributed by atoms with Gasteiger partial charge in [0.15, 0.2) is 0 Å². The van der Waals surface area contributed by atoms with E-state index in [-0.39, 0.29) is 24.8 Å². The first kappa shape index (κ1) is 42.7. The van der Waals surface area contributed by atoms with Crippen LogP contribution in [0.15, 0.2) is 97.1 Å². The molecule has 0 spiro atoms. The Bertz CT molecular complexity index is 2600. The van der Waals surface area contributed by atoms with E-state index in [9.17, 15) is 0 Å². The van der Waals surface area contributed by atoms with Crippen molar-refractivity contribution in [1.82, 2.24) is 9.97 Å². The standard InChI is InChI=1S/C47H45Cl2N7.2ClH/c1-28-20-40-44(55(35-15-11-33(48)12-16-35)45-25-37(50)29(2)21-41(45)53-40)24-32(28)10-8-6-5-7-9-19-52-39-27-47-43(23-31(39)4)54-42-22-30(3)38(51)26-46(42)56(47)36-17-13-34(49)14-18-36;;/h11-18,20-27,50H,5-10,19H2,1-4H3,(H2,51,52);2*1H. The predicted octanol–water partition coefficient (Wildman–Crippen LogP) is 4.96. The molecule has 6 aromatic carbocycles. The van der Waals surface area contributed by atoms with Gasteiger partial charge in [0.25, 0.3) is 0 Å². The number of benzene rings is 6. The number of nitrogens with one attached hydrogen (secondary N) is 1. The van der Waals surface area contributed by atoms with Gasteiger partial charge in [0.05, 0.1) is 0 Å². The van der Waals surface area contributed by atoms with Crippen LogP contribution in [0.2, 0.25) is 10.0 Å². The highest BCUT2D eigenvalue weighted by Crippen LogP contribution is 2.28. The van der Waals surface area contributed by atoms with E-state index in [2.05, 4.69) is 76.8 Å². The molecule has 11 heteroatoms. The largest absolute Gasteiger partial charge is 1.00 e. The molecule has 7 nitrogen and oxygen atoms in total. The lowest BCUT2D eigenvalue weighted by Gasteiger charge is -2.12. The quantitative estimate of drug-likeness (QED) is 0.0741. The Morgan fingerprint density at radius 2 is 0.914 bits per heavy atom. The molecule has 58 heavy (non-hydrogen) atoms. The second kappa shape index (κ2) is 17.9. The monoisotopic (exact) mass is 849 g/mol. The van der Waals surface area contributed by atoms with E-state index in [0.717, 1.165) is 110 Å². The molecule has 0 aliphatic carbocycles. The number of aromatic nitrogens is 4. The Labute approximate surface area is 362 Å². The van der Waals surface area contributed by atoms with Gasteiger partial charge in [0.2, 0.25) is 33.4 Å². The predicted molar refractivity (Wildman–Crippen MR) is 235 cm³/mol. The van der Waals surface area contributed by atoms with Gasteiger partial charge < -0.3 is 41.6 Å². The summed E-state index contributed by atoms with van der Waals surface area (Å²) in [4.78, 5) is 10.1. The summed E-state index contributed by atoms with van der Waals surface area (Å²) >= 11 is 12.6. The third-order valence-electron chi connectivity index (χ3n) is 11.0. The van der Waals surface area contributed by atoms with Crippen LogP contribution in [-0.4, -0.2) is 16.5 Å². The average Bonchev–Trinajstić information content (AvgIpc) is 3.17. The Kier molecular flexibility index (Phi) is 13.2. The number of anilines is 3. The van der Waals surface area contributed by atoms with Crippen molar-refractivity contribution < 1.29 is 33.9 Å². The number of nitrogen functional groups attached to an aromatic ring is 2. The van der Waals surface area contributed by atoms with Gasteiger partial charge in [-0.25, -0.2) is 9.97 Å². The van der Waals surface area contributed by atoms with Crippen molar-refractivity contribution in [2.45, 2.75) is 66.2 Å².